The maximum absolute atomic E-state index is 12.2. The van der Waals surface area contributed by atoms with Crippen LogP contribution in [-0.2, 0) is 0 Å². The number of halogens is 3. The van der Waals surface area contributed by atoms with Crippen LogP contribution in [0, 0.1) is 0 Å². The highest BCUT2D eigenvalue weighted by Crippen LogP contribution is 2.20. The minimum atomic E-state index is -4.11. The first-order chi connectivity index (χ1) is 7.92. The van der Waals surface area contributed by atoms with Crippen LogP contribution < -0.4 is 10.6 Å². The molecule has 0 aromatic rings. The van der Waals surface area contributed by atoms with Gasteiger partial charge in [-0.25, -0.2) is 0 Å². The Hall–Kier alpha value is -0.560. The minimum absolute atomic E-state index is 0.0381. The van der Waals surface area contributed by atoms with Crippen LogP contribution in [0.15, 0.2) is 0 Å². The van der Waals surface area contributed by atoms with Gasteiger partial charge in [0.1, 0.15) is 0 Å². The fourth-order valence-electron chi connectivity index (χ4n) is 1.99. The third-order valence-electron chi connectivity index (χ3n) is 2.92. The minimum Gasteiger partial charge on any atom is -0.360 e. The summed E-state index contributed by atoms with van der Waals surface area (Å²) in [5.74, 6) is 0. The van der Waals surface area contributed by atoms with Gasteiger partial charge in [0.15, 0.2) is 5.11 Å². The molecular weight excluding hydrogens is 251 g/mol. The molecule has 1 heterocycles. The Labute approximate surface area is 104 Å². The number of rotatable bonds is 3. The molecule has 17 heavy (non-hydrogen) atoms. The van der Waals surface area contributed by atoms with Crippen molar-refractivity contribution in [2.45, 2.75) is 37.5 Å². The molecule has 1 saturated carbocycles. The van der Waals surface area contributed by atoms with Crippen molar-refractivity contribution in [2.24, 2.45) is 0 Å². The third kappa shape index (κ3) is 4.67. The fourth-order valence-corrected chi connectivity index (χ4v) is 2.32. The lowest BCUT2D eigenvalue weighted by Crippen LogP contribution is -2.44. The largest absolute Gasteiger partial charge is 0.401 e. The highest BCUT2D eigenvalue weighted by molar-refractivity contribution is 7.80. The van der Waals surface area contributed by atoms with Crippen molar-refractivity contribution in [1.29, 1.82) is 0 Å². The standard InChI is InChI=1S/C10H16F3N3S/c11-10(12,13)6-16-4-3-8(5-16)15-9(17)14-7-1-2-7/h7-8H,1-6H2,(H2,14,15,17)/t8-/m0/s1. The molecule has 2 N–H and O–H groups in total. The highest BCUT2D eigenvalue weighted by atomic mass is 32.1. The van der Waals surface area contributed by atoms with Crippen LogP contribution in [-0.4, -0.2) is 47.9 Å². The smallest absolute Gasteiger partial charge is 0.360 e. The molecule has 0 aromatic heterocycles. The summed E-state index contributed by atoms with van der Waals surface area (Å²) in [6, 6.07) is 0.513. The van der Waals surface area contributed by atoms with E-state index in [1.807, 2.05) is 0 Å². The Morgan fingerprint density at radius 1 is 1.18 bits per heavy atom. The molecule has 0 unspecified atom stereocenters. The number of likely N-dealkylation sites (tertiary alicyclic amines) is 1. The predicted octanol–water partition coefficient (Wildman–Crippen LogP) is 1.25. The predicted molar refractivity (Wildman–Crippen MR) is 62.8 cm³/mol. The van der Waals surface area contributed by atoms with Gasteiger partial charge in [-0.3, -0.25) is 4.90 Å². The van der Waals surface area contributed by atoms with E-state index in [1.165, 1.54) is 4.90 Å². The Kier molecular flexibility index (Phi) is 3.77. The molecule has 0 bridgehead atoms. The van der Waals surface area contributed by atoms with E-state index in [0.29, 0.717) is 30.7 Å². The van der Waals surface area contributed by atoms with Gasteiger partial charge in [-0.1, -0.05) is 0 Å². The quantitative estimate of drug-likeness (QED) is 0.753. The molecule has 2 rings (SSSR count). The Bertz CT molecular complexity index is 291. The molecule has 1 aliphatic heterocycles. The molecule has 0 spiro atoms. The van der Waals surface area contributed by atoms with Crippen LogP contribution >= 0.6 is 12.2 Å². The monoisotopic (exact) mass is 267 g/mol. The van der Waals surface area contributed by atoms with Gasteiger partial charge >= 0.3 is 6.18 Å². The molecule has 7 heteroatoms. The average Bonchev–Trinajstić information content (AvgIpc) is 2.86. The van der Waals surface area contributed by atoms with Crippen LogP contribution in [0.5, 0.6) is 0 Å². The fraction of sp³-hybridized carbons (Fsp3) is 0.900. The zero-order chi connectivity index (χ0) is 12.5. The van der Waals surface area contributed by atoms with Crippen molar-refractivity contribution in [2.75, 3.05) is 19.6 Å². The summed E-state index contributed by atoms with van der Waals surface area (Å²) >= 11 is 5.09. The summed E-state index contributed by atoms with van der Waals surface area (Å²) in [6.45, 7) is 0.0587. The van der Waals surface area contributed by atoms with Gasteiger partial charge < -0.3 is 10.6 Å². The Balaban J connectivity index is 1.68. The second-order valence-corrected chi connectivity index (χ2v) is 5.14. The summed E-state index contributed by atoms with van der Waals surface area (Å²) in [5.41, 5.74) is 0. The normalized spacial score (nSPS) is 25.9. The Morgan fingerprint density at radius 2 is 1.82 bits per heavy atom. The molecule has 98 valence electrons. The van der Waals surface area contributed by atoms with Gasteiger partial charge in [-0.2, -0.15) is 13.2 Å². The first kappa shape index (κ1) is 12.9. The molecule has 0 radical (unpaired) electrons. The summed E-state index contributed by atoms with van der Waals surface area (Å²) in [6.07, 6.45) is -1.14. The number of nitrogens with one attached hydrogen (secondary N) is 2. The highest BCUT2D eigenvalue weighted by Gasteiger charge is 2.34. The molecule has 3 nitrogen and oxygen atoms in total. The van der Waals surface area contributed by atoms with Gasteiger partial charge in [0.05, 0.1) is 6.54 Å². The zero-order valence-corrected chi connectivity index (χ0v) is 10.2. The first-order valence-electron chi connectivity index (χ1n) is 5.78. The van der Waals surface area contributed by atoms with E-state index in [0.717, 1.165) is 12.8 Å². The average molecular weight is 267 g/mol. The van der Waals surface area contributed by atoms with Crippen molar-refractivity contribution in [3.8, 4) is 0 Å². The van der Waals surface area contributed by atoms with E-state index in [4.69, 9.17) is 12.2 Å². The first-order valence-corrected chi connectivity index (χ1v) is 6.19. The van der Waals surface area contributed by atoms with Crippen molar-refractivity contribution in [3.05, 3.63) is 0 Å². The van der Waals surface area contributed by atoms with Gasteiger partial charge in [-0.05, 0) is 31.5 Å². The zero-order valence-electron chi connectivity index (χ0n) is 9.39. The summed E-state index contributed by atoms with van der Waals surface area (Å²) in [5, 5.41) is 6.78. The SMILES string of the molecule is FC(F)(F)CN1CC[C@H](NC(=S)NC2CC2)C1. The number of nitrogens with zero attached hydrogens (tertiary/aromatic N) is 1. The molecule has 1 aliphatic carbocycles. The van der Waals surface area contributed by atoms with Crippen LogP contribution in [0.1, 0.15) is 19.3 Å². The topological polar surface area (TPSA) is 27.3 Å². The molecule has 0 amide bonds. The summed E-state index contributed by atoms with van der Waals surface area (Å²) < 4.78 is 36.5. The van der Waals surface area contributed by atoms with Gasteiger partial charge in [0.2, 0.25) is 0 Å². The molecule has 1 saturated heterocycles. The lowest BCUT2D eigenvalue weighted by molar-refractivity contribution is -0.143. The van der Waals surface area contributed by atoms with Crippen molar-refractivity contribution < 1.29 is 13.2 Å². The van der Waals surface area contributed by atoms with Crippen molar-refractivity contribution >= 4 is 17.3 Å². The number of hydrogen-bond acceptors (Lipinski definition) is 2. The summed E-state index contributed by atoms with van der Waals surface area (Å²) in [4.78, 5) is 1.41. The van der Waals surface area contributed by atoms with Gasteiger partial charge in [0.25, 0.3) is 0 Å². The van der Waals surface area contributed by atoms with E-state index >= 15 is 0 Å². The van der Waals surface area contributed by atoms with Gasteiger partial charge in [0, 0.05) is 25.2 Å². The van der Waals surface area contributed by atoms with Crippen molar-refractivity contribution in [3.63, 3.8) is 0 Å². The molecular formula is C10H16F3N3S. The maximum atomic E-state index is 12.2. The van der Waals surface area contributed by atoms with E-state index in [2.05, 4.69) is 10.6 Å². The molecule has 2 fully saturated rings. The maximum Gasteiger partial charge on any atom is 0.401 e. The van der Waals surface area contributed by atoms with Crippen LogP contribution in [0.3, 0.4) is 0 Å². The van der Waals surface area contributed by atoms with E-state index in [1.54, 1.807) is 0 Å². The second kappa shape index (κ2) is 4.97. The summed E-state index contributed by atoms with van der Waals surface area (Å²) in [7, 11) is 0. The van der Waals surface area contributed by atoms with Crippen molar-refractivity contribution in [1.82, 2.24) is 15.5 Å². The van der Waals surface area contributed by atoms with Crippen LogP contribution in [0.25, 0.3) is 0 Å². The Morgan fingerprint density at radius 3 is 2.41 bits per heavy atom. The molecule has 2 aliphatic rings. The third-order valence-corrected chi connectivity index (χ3v) is 3.16. The lowest BCUT2D eigenvalue weighted by Gasteiger charge is -2.19. The van der Waals surface area contributed by atoms with E-state index < -0.39 is 12.7 Å². The molecule has 0 aromatic carbocycles. The van der Waals surface area contributed by atoms with E-state index in [9.17, 15) is 13.2 Å². The molecule has 1 atom stereocenters. The number of hydrogen-bond donors (Lipinski definition) is 2. The van der Waals surface area contributed by atoms with E-state index in [-0.39, 0.29) is 6.04 Å². The van der Waals surface area contributed by atoms with Gasteiger partial charge in [-0.15, -0.1) is 0 Å². The second-order valence-electron chi connectivity index (χ2n) is 4.73. The number of thiocarbonyl (C=S) groups is 1. The van der Waals surface area contributed by atoms with Crippen LogP contribution in [0.4, 0.5) is 13.2 Å². The van der Waals surface area contributed by atoms with Crippen LogP contribution in [0.2, 0.25) is 0 Å². The lowest BCUT2D eigenvalue weighted by atomic mass is 10.3. The number of alkyl halides is 3.